The number of anilines is 1. The van der Waals surface area contributed by atoms with Gasteiger partial charge in [-0.25, -0.2) is 9.97 Å². The zero-order chi connectivity index (χ0) is 15.0. The third kappa shape index (κ3) is 2.98. The molecule has 1 N–H and O–H groups in total. The van der Waals surface area contributed by atoms with Crippen molar-refractivity contribution < 1.29 is 13.2 Å². The van der Waals surface area contributed by atoms with Gasteiger partial charge in [-0.2, -0.15) is 8.78 Å². The average molecular weight is 295 g/mol. The first-order valence-electron chi connectivity index (χ1n) is 6.68. The summed E-state index contributed by atoms with van der Waals surface area (Å²) in [7, 11) is 0. The van der Waals surface area contributed by atoms with Gasteiger partial charge in [0.1, 0.15) is 0 Å². The minimum Gasteiger partial charge on any atom is -0.415 e. The first-order chi connectivity index (χ1) is 9.95. The minimum absolute atomic E-state index is 0.0155. The molecule has 0 amide bonds. The Morgan fingerprint density at radius 3 is 2.43 bits per heavy atom. The summed E-state index contributed by atoms with van der Waals surface area (Å²) in [4.78, 5) is 8.33. The molecular weight excluding hydrogens is 280 g/mol. The lowest BCUT2D eigenvalue weighted by atomic mass is 9.99. The maximum Gasteiger partial charge on any atom is 0.314 e. The fourth-order valence-corrected chi connectivity index (χ4v) is 2.14. The predicted molar refractivity (Wildman–Crippen MR) is 70.7 cm³/mol. The third-order valence-electron chi connectivity index (χ3n) is 3.56. The molecule has 3 rings (SSSR count). The van der Waals surface area contributed by atoms with Crippen LogP contribution in [0.2, 0.25) is 0 Å². The van der Waals surface area contributed by atoms with Crippen LogP contribution >= 0.6 is 0 Å². The van der Waals surface area contributed by atoms with Crippen molar-refractivity contribution in [3.8, 4) is 11.5 Å². The largest absolute Gasteiger partial charge is 0.415 e. The molecule has 8 heteroatoms. The molecule has 0 spiro atoms. The van der Waals surface area contributed by atoms with E-state index in [1.165, 1.54) is 25.2 Å². The van der Waals surface area contributed by atoms with E-state index in [4.69, 9.17) is 4.42 Å². The highest BCUT2D eigenvalue weighted by Crippen LogP contribution is 2.40. The standard InChI is InChI=1S/C13H15F2N5O/c1-13(2,8-3-4-8)18-12-16-5-7(6-17-12)10-19-20-11(21-10)9(14)15/h5-6,8-9H,3-4H2,1-2H3,(H,16,17,18). The molecule has 1 aliphatic rings. The molecule has 0 aliphatic heterocycles. The Hall–Kier alpha value is -2.12. The molecule has 0 unspecified atom stereocenters. The minimum atomic E-state index is -2.78. The van der Waals surface area contributed by atoms with E-state index >= 15 is 0 Å². The van der Waals surface area contributed by atoms with Crippen molar-refractivity contribution in [3.63, 3.8) is 0 Å². The van der Waals surface area contributed by atoms with Gasteiger partial charge in [-0.3, -0.25) is 0 Å². The van der Waals surface area contributed by atoms with E-state index in [9.17, 15) is 8.78 Å². The van der Waals surface area contributed by atoms with Crippen LogP contribution in [0.15, 0.2) is 16.8 Å². The van der Waals surface area contributed by atoms with Crippen LogP contribution in [-0.4, -0.2) is 25.7 Å². The molecule has 0 radical (unpaired) electrons. The predicted octanol–water partition coefficient (Wildman–Crippen LogP) is 3.06. The van der Waals surface area contributed by atoms with Gasteiger partial charge in [0.2, 0.25) is 5.95 Å². The molecule has 1 saturated carbocycles. The number of hydrogen-bond donors (Lipinski definition) is 1. The maximum absolute atomic E-state index is 12.4. The molecule has 112 valence electrons. The van der Waals surface area contributed by atoms with Crippen molar-refractivity contribution in [2.75, 3.05) is 5.32 Å². The molecule has 0 atom stereocenters. The van der Waals surface area contributed by atoms with E-state index in [2.05, 4.69) is 39.3 Å². The lowest BCUT2D eigenvalue weighted by molar-refractivity contribution is 0.116. The summed E-state index contributed by atoms with van der Waals surface area (Å²) in [5.41, 5.74) is 0.346. The van der Waals surface area contributed by atoms with Crippen molar-refractivity contribution in [3.05, 3.63) is 18.3 Å². The topological polar surface area (TPSA) is 76.7 Å². The smallest absolute Gasteiger partial charge is 0.314 e. The first kappa shape index (κ1) is 13.8. The van der Waals surface area contributed by atoms with Gasteiger partial charge in [-0.15, -0.1) is 10.2 Å². The molecule has 6 nitrogen and oxygen atoms in total. The molecule has 21 heavy (non-hydrogen) atoms. The first-order valence-corrected chi connectivity index (χ1v) is 6.68. The lowest BCUT2D eigenvalue weighted by Crippen LogP contribution is -2.34. The average Bonchev–Trinajstić information content (AvgIpc) is 3.18. The lowest BCUT2D eigenvalue weighted by Gasteiger charge is -2.25. The summed E-state index contributed by atoms with van der Waals surface area (Å²) in [5.74, 6) is 0.398. The number of nitrogens with one attached hydrogen (secondary N) is 1. The normalized spacial score (nSPS) is 15.5. The van der Waals surface area contributed by atoms with Crippen LogP contribution < -0.4 is 5.32 Å². The number of aromatic nitrogens is 4. The van der Waals surface area contributed by atoms with E-state index < -0.39 is 12.3 Å². The second-order valence-electron chi connectivity index (χ2n) is 5.66. The van der Waals surface area contributed by atoms with E-state index in [0.29, 0.717) is 17.4 Å². The summed E-state index contributed by atoms with van der Waals surface area (Å²) in [5, 5.41) is 10.1. The third-order valence-corrected chi connectivity index (χ3v) is 3.56. The number of rotatable bonds is 5. The fraction of sp³-hybridized carbons (Fsp3) is 0.538. The number of nitrogens with zero attached hydrogens (tertiary/aromatic N) is 4. The molecular formula is C13H15F2N5O. The van der Waals surface area contributed by atoms with Crippen molar-refractivity contribution in [2.45, 2.75) is 38.7 Å². The molecule has 1 aliphatic carbocycles. The van der Waals surface area contributed by atoms with Gasteiger partial charge in [0.15, 0.2) is 0 Å². The summed E-state index contributed by atoms with van der Waals surface area (Å²) in [6, 6.07) is 0. The van der Waals surface area contributed by atoms with Crippen LogP contribution in [0.1, 0.15) is 39.0 Å². The van der Waals surface area contributed by atoms with Crippen molar-refractivity contribution >= 4 is 5.95 Å². The van der Waals surface area contributed by atoms with Crippen LogP contribution in [0.3, 0.4) is 0 Å². The Balaban J connectivity index is 1.74. The highest BCUT2D eigenvalue weighted by Gasteiger charge is 2.38. The Morgan fingerprint density at radius 2 is 1.90 bits per heavy atom. The molecule has 1 fully saturated rings. The fourth-order valence-electron chi connectivity index (χ4n) is 2.14. The molecule has 2 aromatic heterocycles. The van der Waals surface area contributed by atoms with Gasteiger partial charge >= 0.3 is 6.43 Å². The van der Waals surface area contributed by atoms with Crippen molar-refractivity contribution in [1.29, 1.82) is 0 Å². The SMILES string of the molecule is CC(C)(Nc1ncc(-c2nnc(C(F)F)o2)cn1)C1CC1. The zero-order valence-corrected chi connectivity index (χ0v) is 11.7. The molecule has 0 aromatic carbocycles. The highest BCUT2D eigenvalue weighted by atomic mass is 19.3. The van der Waals surface area contributed by atoms with Gasteiger partial charge in [0.05, 0.1) is 5.56 Å². The molecule has 0 saturated heterocycles. The van der Waals surface area contributed by atoms with Crippen LogP contribution in [0.5, 0.6) is 0 Å². The van der Waals surface area contributed by atoms with Gasteiger partial charge in [0.25, 0.3) is 11.8 Å². The van der Waals surface area contributed by atoms with Crippen LogP contribution in [0.4, 0.5) is 14.7 Å². The Morgan fingerprint density at radius 1 is 1.24 bits per heavy atom. The second-order valence-corrected chi connectivity index (χ2v) is 5.66. The Bertz CT molecular complexity index is 622. The van der Waals surface area contributed by atoms with E-state index in [1.807, 2.05) is 0 Å². The Labute approximate surface area is 120 Å². The molecule has 0 bridgehead atoms. The quantitative estimate of drug-likeness (QED) is 0.913. The summed E-state index contributed by atoms with van der Waals surface area (Å²) < 4.78 is 29.6. The van der Waals surface area contributed by atoms with Gasteiger partial charge < -0.3 is 9.73 Å². The monoisotopic (exact) mass is 295 g/mol. The van der Waals surface area contributed by atoms with Crippen LogP contribution in [0.25, 0.3) is 11.5 Å². The maximum atomic E-state index is 12.4. The summed E-state index contributed by atoms with van der Waals surface area (Å²) in [6.45, 7) is 4.21. The van der Waals surface area contributed by atoms with Gasteiger partial charge in [-0.1, -0.05) is 0 Å². The molecule has 2 aromatic rings. The van der Waals surface area contributed by atoms with Gasteiger partial charge in [0, 0.05) is 17.9 Å². The van der Waals surface area contributed by atoms with Crippen LogP contribution in [0, 0.1) is 5.92 Å². The van der Waals surface area contributed by atoms with Crippen molar-refractivity contribution in [1.82, 2.24) is 20.2 Å². The second kappa shape index (κ2) is 5.01. The summed E-state index contributed by atoms with van der Waals surface area (Å²) in [6.07, 6.45) is 2.57. The number of alkyl halides is 2. The van der Waals surface area contributed by atoms with Crippen molar-refractivity contribution in [2.24, 2.45) is 5.92 Å². The van der Waals surface area contributed by atoms with Crippen LogP contribution in [-0.2, 0) is 0 Å². The number of hydrogen-bond acceptors (Lipinski definition) is 6. The number of halogens is 2. The van der Waals surface area contributed by atoms with E-state index in [1.54, 1.807) is 0 Å². The Kier molecular flexibility index (Phi) is 3.30. The molecule has 2 heterocycles. The zero-order valence-electron chi connectivity index (χ0n) is 11.7. The van der Waals surface area contributed by atoms with E-state index in [0.717, 1.165) is 0 Å². The highest BCUT2D eigenvalue weighted by molar-refractivity contribution is 5.50. The van der Waals surface area contributed by atoms with E-state index in [-0.39, 0.29) is 11.4 Å². The summed E-state index contributed by atoms with van der Waals surface area (Å²) >= 11 is 0. The van der Waals surface area contributed by atoms with Gasteiger partial charge in [-0.05, 0) is 32.6 Å².